The zero-order chi connectivity index (χ0) is 22.9. The quantitative estimate of drug-likeness (QED) is 0.570. The lowest BCUT2D eigenvalue weighted by Gasteiger charge is -2.35. The van der Waals surface area contributed by atoms with Gasteiger partial charge in [0.1, 0.15) is 6.33 Å². The summed E-state index contributed by atoms with van der Waals surface area (Å²) in [6.07, 6.45) is 5.37. The van der Waals surface area contributed by atoms with Gasteiger partial charge in [0.25, 0.3) is 5.92 Å². The van der Waals surface area contributed by atoms with E-state index in [-0.39, 0.29) is 29.1 Å². The molecule has 3 N–H and O–H groups in total. The van der Waals surface area contributed by atoms with Gasteiger partial charge in [0.15, 0.2) is 11.6 Å². The van der Waals surface area contributed by atoms with Crippen LogP contribution in [-0.4, -0.2) is 28.5 Å². The Labute approximate surface area is 185 Å². The lowest BCUT2D eigenvalue weighted by atomic mass is 9.73. The first-order valence-electron chi connectivity index (χ1n) is 11.0. The van der Waals surface area contributed by atoms with Crippen molar-refractivity contribution in [2.45, 2.75) is 57.5 Å². The van der Waals surface area contributed by atoms with Gasteiger partial charge in [0.05, 0.1) is 0 Å². The third-order valence-corrected chi connectivity index (χ3v) is 6.23. The number of nitrogens with zero attached hydrogens (tertiary/aromatic N) is 3. The van der Waals surface area contributed by atoms with Crippen molar-refractivity contribution in [3.63, 3.8) is 0 Å². The zero-order valence-corrected chi connectivity index (χ0v) is 18.0. The molecule has 2 saturated carbocycles. The molecule has 0 unspecified atom stereocenters. The van der Waals surface area contributed by atoms with Crippen LogP contribution in [0, 0.1) is 17.7 Å². The number of primary amides is 1. The number of hydrogen-bond acceptors (Lipinski definition) is 5. The maximum absolute atomic E-state index is 15.3. The maximum Gasteiger partial charge on any atom is 0.270 e. The molecule has 0 radical (unpaired) electrons. The molecule has 4 rings (SSSR count). The molecule has 9 heteroatoms. The lowest BCUT2D eigenvalue weighted by Crippen LogP contribution is -2.33. The van der Waals surface area contributed by atoms with Crippen molar-refractivity contribution >= 4 is 17.5 Å². The van der Waals surface area contributed by atoms with Crippen molar-refractivity contribution in [1.29, 1.82) is 0 Å². The van der Waals surface area contributed by atoms with Crippen molar-refractivity contribution in [3.8, 4) is 0 Å². The van der Waals surface area contributed by atoms with Gasteiger partial charge in [-0.2, -0.15) is 4.39 Å². The third-order valence-electron chi connectivity index (χ3n) is 6.23. The van der Waals surface area contributed by atoms with Gasteiger partial charge in [-0.1, -0.05) is 24.3 Å². The van der Waals surface area contributed by atoms with Crippen LogP contribution in [0.2, 0.25) is 0 Å². The molecule has 2 aliphatic carbocycles. The molecule has 1 amide bonds. The fourth-order valence-corrected chi connectivity index (χ4v) is 4.28. The second-order valence-electron chi connectivity index (χ2n) is 9.06. The Morgan fingerprint density at radius 2 is 1.88 bits per heavy atom. The largest absolute Gasteiger partial charge is 0.370 e. The van der Waals surface area contributed by atoms with E-state index in [1.807, 2.05) is 4.90 Å². The average Bonchev–Trinajstić information content (AvgIpc) is 3.53. The van der Waals surface area contributed by atoms with Crippen LogP contribution in [0.5, 0.6) is 0 Å². The normalized spacial score (nSPS) is 20.5. The van der Waals surface area contributed by atoms with Gasteiger partial charge in [-0.15, -0.1) is 0 Å². The summed E-state index contributed by atoms with van der Waals surface area (Å²) in [6.45, 7) is 1.81. The summed E-state index contributed by atoms with van der Waals surface area (Å²) in [4.78, 5) is 21.1. The van der Waals surface area contributed by atoms with E-state index in [4.69, 9.17) is 5.73 Å². The minimum atomic E-state index is -2.89. The molecule has 0 aliphatic heterocycles. The van der Waals surface area contributed by atoms with Crippen molar-refractivity contribution in [2.75, 3.05) is 16.8 Å². The van der Waals surface area contributed by atoms with Gasteiger partial charge in [-0.25, -0.2) is 18.7 Å². The van der Waals surface area contributed by atoms with Crippen LogP contribution in [-0.2, 0) is 17.3 Å². The second-order valence-corrected chi connectivity index (χ2v) is 9.06. The first kappa shape index (κ1) is 22.4. The monoisotopic (exact) mass is 447 g/mol. The van der Waals surface area contributed by atoms with E-state index < -0.39 is 11.7 Å². The Balaban J connectivity index is 1.42. The molecule has 2 fully saturated rings. The van der Waals surface area contributed by atoms with Gasteiger partial charge in [-0.05, 0) is 43.1 Å². The van der Waals surface area contributed by atoms with E-state index in [1.165, 1.54) is 18.5 Å². The molecule has 0 bridgehead atoms. The van der Waals surface area contributed by atoms with Crippen molar-refractivity contribution in [2.24, 2.45) is 17.6 Å². The van der Waals surface area contributed by atoms with Crippen LogP contribution >= 0.6 is 0 Å². The van der Waals surface area contributed by atoms with Crippen LogP contribution in [0.25, 0.3) is 0 Å². The molecule has 0 saturated heterocycles. The number of carbonyl (C=O) groups excluding carboxylic acids is 1. The maximum atomic E-state index is 15.3. The van der Waals surface area contributed by atoms with Crippen LogP contribution in [0.4, 0.5) is 24.8 Å². The minimum absolute atomic E-state index is 0.0482. The summed E-state index contributed by atoms with van der Waals surface area (Å²) in [5.74, 6) is -2.65. The molecular formula is C23H28F3N5O. The van der Waals surface area contributed by atoms with E-state index in [1.54, 1.807) is 12.1 Å². The van der Waals surface area contributed by atoms with Gasteiger partial charge in [-0.3, -0.25) is 4.79 Å². The van der Waals surface area contributed by atoms with Crippen molar-refractivity contribution in [3.05, 3.63) is 47.5 Å². The highest BCUT2D eigenvalue weighted by molar-refractivity contribution is 5.74. The number of nitrogens with one attached hydrogen (secondary N) is 1. The van der Waals surface area contributed by atoms with Gasteiger partial charge < -0.3 is 16.0 Å². The summed E-state index contributed by atoms with van der Waals surface area (Å²) >= 11 is 0. The number of nitrogens with two attached hydrogens (primary N) is 1. The summed E-state index contributed by atoms with van der Waals surface area (Å²) in [5, 5.41) is 3.08. The number of alkyl halides is 2. The molecule has 1 aromatic heterocycles. The van der Waals surface area contributed by atoms with Crippen LogP contribution in [0.1, 0.15) is 50.2 Å². The summed E-state index contributed by atoms with van der Waals surface area (Å²) in [5.41, 5.74) is 5.99. The number of rotatable bonds is 10. The Kier molecular flexibility index (Phi) is 6.26. The molecule has 0 spiro atoms. The molecule has 1 heterocycles. The van der Waals surface area contributed by atoms with Crippen LogP contribution in [0.3, 0.4) is 0 Å². The predicted octanol–water partition coefficient (Wildman–Crippen LogP) is 4.21. The number of carbonyl (C=O) groups is 1. The van der Waals surface area contributed by atoms with E-state index in [0.29, 0.717) is 31.3 Å². The van der Waals surface area contributed by atoms with Crippen molar-refractivity contribution < 1.29 is 18.0 Å². The van der Waals surface area contributed by atoms with Gasteiger partial charge in [0, 0.05) is 38.0 Å². The minimum Gasteiger partial charge on any atom is -0.370 e. The third kappa shape index (κ3) is 5.31. The summed E-state index contributed by atoms with van der Waals surface area (Å²) < 4.78 is 42.2. The topological polar surface area (TPSA) is 84.1 Å². The lowest BCUT2D eigenvalue weighted by molar-refractivity contribution is -0.119. The van der Waals surface area contributed by atoms with E-state index in [9.17, 15) is 13.6 Å². The molecule has 32 heavy (non-hydrogen) atoms. The standard InChI is InChI=1S/C23H28F3N5O/c1-23(25,26)17-4-2-14(3-5-17)12-31(18-6-7-18)22-20(24)21(29-13-30-22)28-11-16-8-15(9-16)10-19(27)32/h2-5,13,15-16,18H,6-12H2,1H3,(H2,27,32)(H,28,29,30). The first-order chi connectivity index (χ1) is 15.2. The average molecular weight is 448 g/mol. The fraction of sp³-hybridized carbons (Fsp3) is 0.522. The van der Waals surface area contributed by atoms with E-state index in [2.05, 4.69) is 15.3 Å². The van der Waals surface area contributed by atoms with Crippen LogP contribution in [0.15, 0.2) is 30.6 Å². The van der Waals surface area contributed by atoms with E-state index >= 15 is 4.39 Å². The Hall–Kier alpha value is -2.84. The predicted molar refractivity (Wildman–Crippen MR) is 116 cm³/mol. The van der Waals surface area contributed by atoms with E-state index in [0.717, 1.165) is 38.2 Å². The molecule has 0 atom stereocenters. The number of hydrogen-bond donors (Lipinski definition) is 2. The Morgan fingerprint density at radius 3 is 2.47 bits per heavy atom. The molecular weight excluding hydrogens is 419 g/mol. The smallest absolute Gasteiger partial charge is 0.270 e. The summed E-state index contributed by atoms with van der Waals surface area (Å²) in [7, 11) is 0. The van der Waals surface area contributed by atoms with Gasteiger partial charge >= 0.3 is 0 Å². The highest BCUT2D eigenvalue weighted by Gasteiger charge is 2.34. The number of amides is 1. The number of aromatic nitrogens is 2. The molecule has 172 valence electrons. The fourth-order valence-electron chi connectivity index (χ4n) is 4.28. The number of anilines is 2. The Morgan fingerprint density at radius 1 is 1.19 bits per heavy atom. The molecule has 2 aliphatic rings. The number of halogens is 3. The van der Waals surface area contributed by atoms with Gasteiger partial charge in [0.2, 0.25) is 11.7 Å². The van der Waals surface area contributed by atoms with Crippen LogP contribution < -0.4 is 16.0 Å². The second kappa shape index (κ2) is 8.96. The first-order valence-corrected chi connectivity index (χ1v) is 11.0. The van der Waals surface area contributed by atoms with Crippen molar-refractivity contribution in [1.82, 2.24) is 9.97 Å². The Bertz CT molecular complexity index is 953. The summed E-state index contributed by atoms with van der Waals surface area (Å²) in [6, 6.07) is 6.29. The highest BCUT2D eigenvalue weighted by atomic mass is 19.3. The number of benzene rings is 1. The molecule has 2 aromatic rings. The zero-order valence-electron chi connectivity index (χ0n) is 18.0. The SMILES string of the molecule is CC(F)(F)c1ccc(CN(c2ncnc(NCC3CC(CC(N)=O)C3)c2F)C2CC2)cc1. The molecule has 6 nitrogen and oxygen atoms in total. The highest BCUT2D eigenvalue weighted by Crippen LogP contribution is 2.37. The molecule has 1 aromatic carbocycles.